The Bertz CT molecular complexity index is 573. The van der Waals surface area contributed by atoms with E-state index < -0.39 is 0 Å². The molecule has 0 unspecified atom stereocenters. The maximum absolute atomic E-state index is 12.5. The fourth-order valence-electron chi connectivity index (χ4n) is 3.54. The molecule has 1 aliphatic heterocycles. The molecule has 1 saturated heterocycles. The Morgan fingerprint density at radius 3 is 2.21 bits per heavy atom. The van der Waals surface area contributed by atoms with Gasteiger partial charge in [-0.1, -0.05) is 22.4 Å². The highest BCUT2D eigenvalue weighted by molar-refractivity contribution is 9.10. The summed E-state index contributed by atoms with van der Waals surface area (Å²) in [7, 11) is 0. The lowest BCUT2D eigenvalue weighted by Crippen LogP contribution is -2.41. The minimum atomic E-state index is -0.0577. The van der Waals surface area contributed by atoms with Gasteiger partial charge in [-0.15, -0.1) is 0 Å². The van der Waals surface area contributed by atoms with Crippen LogP contribution < -0.4 is 0 Å². The first-order valence-corrected chi connectivity index (χ1v) is 9.68. The number of hydrogen-bond acceptors (Lipinski definition) is 3. The molecule has 0 N–H and O–H groups in total. The van der Waals surface area contributed by atoms with Gasteiger partial charge in [-0.2, -0.15) is 0 Å². The largest absolute Gasteiger partial charge is 0.462 e. The van der Waals surface area contributed by atoms with Crippen molar-refractivity contribution >= 4 is 27.8 Å². The molecule has 0 atom stereocenters. The fourth-order valence-corrected chi connectivity index (χ4v) is 3.80. The van der Waals surface area contributed by atoms with Crippen molar-refractivity contribution < 1.29 is 14.3 Å². The van der Waals surface area contributed by atoms with Gasteiger partial charge < -0.3 is 9.64 Å². The van der Waals surface area contributed by atoms with Crippen LogP contribution in [0.3, 0.4) is 0 Å². The van der Waals surface area contributed by atoms with Gasteiger partial charge in [-0.3, -0.25) is 9.59 Å². The molecular weight excluding hydrogens is 370 g/mol. The summed E-state index contributed by atoms with van der Waals surface area (Å²) < 4.78 is 6.64. The van der Waals surface area contributed by atoms with Gasteiger partial charge in [0.15, 0.2) is 0 Å². The maximum Gasteiger partial charge on any atom is 0.309 e. The van der Waals surface area contributed by atoms with Gasteiger partial charge in [-0.05, 0) is 62.8 Å². The van der Waals surface area contributed by atoms with Crippen LogP contribution in [0.5, 0.6) is 0 Å². The Kier molecular flexibility index (Phi) is 5.93. The monoisotopic (exact) mass is 393 g/mol. The number of carbonyl (C=O) groups is 2. The predicted octanol–water partition coefficient (Wildman–Crippen LogP) is 4.18. The van der Waals surface area contributed by atoms with E-state index in [9.17, 15) is 9.59 Å². The van der Waals surface area contributed by atoms with Gasteiger partial charge in [0.25, 0.3) is 5.91 Å². The van der Waals surface area contributed by atoms with Crippen LogP contribution in [0.1, 0.15) is 55.3 Å². The molecule has 5 heteroatoms. The summed E-state index contributed by atoms with van der Waals surface area (Å²) in [6.45, 7) is 1.25. The Labute approximate surface area is 151 Å². The molecule has 3 rings (SSSR count). The van der Waals surface area contributed by atoms with Gasteiger partial charge in [0.1, 0.15) is 6.10 Å². The van der Waals surface area contributed by atoms with E-state index in [1.807, 2.05) is 29.2 Å². The normalized spacial score (nSPS) is 20.0. The molecule has 130 valence electrons. The summed E-state index contributed by atoms with van der Waals surface area (Å²) in [5, 5.41) is 0. The van der Waals surface area contributed by atoms with E-state index >= 15 is 0 Å². The van der Waals surface area contributed by atoms with Crippen molar-refractivity contribution in [3.8, 4) is 0 Å². The molecule has 0 aromatic heterocycles. The van der Waals surface area contributed by atoms with Crippen LogP contribution in [0, 0.1) is 5.92 Å². The third-order valence-corrected chi connectivity index (χ3v) is 5.57. The first-order chi connectivity index (χ1) is 11.6. The third-order valence-electron chi connectivity index (χ3n) is 5.04. The molecule has 1 aromatic carbocycles. The number of amides is 1. The molecule has 24 heavy (non-hydrogen) atoms. The fraction of sp³-hybridized carbons (Fsp3) is 0.579. The van der Waals surface area contributed by atoms with Crippen LogP contribution in [0.25, 0.3) is 0 Å². The molecule has 1 aliphatic carbocycles. The number of carbonyl (C=O) groups excluding carboxylic acids is 2. The van der Waals surface area contributed by atoms with E-state index in [0.29, 0.717) is 31.5 Å². The second-order valence-corrected chi connectivity index (χ2v) is 7.69. The van der Waals surface area contributed by atoms with Gasteiger partial charge in [0.05, 0.1) is 5.92 Å². The van der Waals surface area contributed by atoms with Crippen molar-refractivity contribution in [2.45, 2.75) is 51.0 Å². The molecule has 0 spiro atoms. The Morgan fingerprint density at radius 1 is 0.958 bits per heavy atom. The van der Waals surface area contributed by atoms with Gasteiger partial charge >= 0.3 is 5.97 Å². The molecule has 1 saturated carbocycles. The van der Waals surface area contributed by atoms with E-state index in [-0.39, 0.29) is 23.9 Å². The first kappa shape index (κ1) is 17.5. The summed E-state index contributed by atoms with van der Waals surface area (Å²) in [4.78, 5) is 26.7. The Hall–Kier alpha value is -1.36. The lowest BCUT2D eigenvalue weighted by atomic mass is 9.95. The van der Waals surface area contributed by atoms with Crippen molar-refractivity contribution in [2.24, 2.45) is 5.92 Å². The van der Waals surface area contributed by atoms with Crippen LogP contribution in [-0.4, -0.2) is 36.0 Å². The number of likely N-dealkylation sites (tertiary alicyclic amines) is 1. The highest BCUT2D eigenvalue weighted by atomic mass is 79.9. The third kappa shape index (κ3) is 4.38. The Morgan fingerprint density at radius 2 is 1.58 bits per heavy atom. The molecule has 0 bridgehead atoms. The standard InChI is InChI=1S/C19H24BrNO3/c20-16-8-6-14(7-9-16)18(22)21-12-10-15(11-13-21)19(23)24-17-4-2-1-3-5-17/h6-9,15,17H,1-5,10-13H2. The van der Waals surface area contributed by atoms with Gasteiger partial charge in [0.2, 0.25) is 0 Å². The topological polar surface area (TPSA) is 46.6 Å². The second kappa shape index (κ2) is 8.15. The predicted molar refractivity (Wildman–Crippen MR) is 95.7 cm³/mol. The highest BCUT2D eigenvalue weighted by Gasteiger charge is 2.30. The van der Waals surface area contributed by atoms with Crippen LogP contribution in [0.15, 0.2) is 28.7 Å². The average molecular weight is 394 g/mol. The van der Waals surface area contributed by atoms with E-state index in [0.717, 1.165) is 30.2 Å². The van der Waals surface area contributed by atoms with E-state index in [4.69, 9.17) is 4.74 Å². The van der Waals surface area contributed by atoms with Crippen molar-refractivity contribution in [3.63, 3.8) is 0 Å². The number of halogens is 1. The number of nitrogens with zero attached hydrogens (tertiary/aromatic N) is 1. The summed E-state index contributed by atoms with van der Waals surface area (Å²) in [6.07, 6.45) is 7.12. The first-order valence-electron chi connectivity index (χ1n) is 8.89. The number of rotatable bonds is 3. The zero-order valence-corrected chi connectivity index (χ0v) is 15.5. The zero-order chi connectivity index (χ0) is 16.9. The highest BCUT2D eigenvalue weighted by Crippen LogP contribution is 2.25. The molecule has 1 amide bonds. The lowest BCUT2D eigenvalue weighted by Gasteiger charge is -2.32. The summed E-state index contributed by atoms with van der Waals surface area (Å²) in [5.41, 5.74) is 0.696. The molecule has 0 radical (unpaired) electrons. The number of benzene rings is 1. The number of hydrogen-bond donors (Lipinski definition) is 0. The van der Waals surface area contributed by atoms with Crippen molar-refractivity contribution in [1.82, 2.24) is 4.90 Å². The quantitative estimate of drug-likeness (QED) is 0.723. The van der Waals surface area contributed by atoms with Crippen molar-refractivity contribution in [1.29, 1.82) is 0 Å². The summed E-state index contributed by atoms with van der Waals surface area (Å²) >= 11 is 3.38. The number of ether oxygens (including phenoxy) is 1. The summed E-state index contributed by atoms with van der Waals surface area (Å²) in [6, 6.07) is 7.41. The molecule has 1 aromatic rings. The van der Waals surface area contributed by atoms with Gasteiger partial charge in [0, 0.05) is 23.1 Å². The second-order valence-electron chi connectivity index (χ2n) is 6.77. The molecule has 2 fully saturated rings. The van der Waals surface area contributed by atoms with Crippen molar-refractivity contribution in [2.75, 3.05) is 13.1 Å². The maximum atomic E-state index is 12.5. The SMILES string of the molecule is O=C(OC1CCCCC1)C1CCN(C(=O)c2ccc(Br)cc2)CC1. The number of piperidine rings is 1. The molecule has 2 aliphatic rings. The minimum Gasteiger partial charge on any atom is -0.462 e. The summed E-state index contributed by atoms with van der Waals surface area (Å²) in [5.74, 6) is -0.0693. The van der Waals surface area contributed by atoms with E-state index in [1.165, 1.54) is 6.42 Å². The van der Waals surface area contributed by atoms with Crippen LogP contribution >= 0.6 is 15.9 Å². The average Bonchev–Trinajstić information content (AvgIpc) is 2.63. The number of esters is 1. The zero-order valence-electron chi connectivity index (χ0n) is 13.9. The van der Waals surface area contributed by atoms with Gasteiger partial charge in [-0.25, -0.2) is 0 Å². The smallest absolute Gasteiger partial charge is 0.309 e. The molecule has 4 nitrogen and oxygen atoms in total. The molecule has 1 heterocycles. The minimum absolute atomic E-state index is 0.0431. The van der Waals surface area contributed by atoms with E-state index in [1.54, 1.807) is 0 Å². The van der Waals surface area contributed by atoms with Crippen LogP contribution in [0.2, 0.25) is 0 Å². The Balaban J connectivity index is 1.48. The van der Waals surface area contributed by atoms with E-state index in [2.05, 4.69) is 15.9 Å². The lowest BCUT2D eigenvalue weighted by molar-refractivity contribution is -0.157. The van der Waals surface area contributed by atoms with Crippen LogP contribution in [0.4, 0.5) is 0 Å². The molecular formula is C19H24BrNO3. The van der Waals surface area contributed by atoms with Crippen LogP contribution in [-0.2, 0) is 9.53 Å². The van der Waals surface area contributed by atoms with Crippen molar-refractivity contribution in [3.05, 3.63) is 34.3 Å².